The molecule has 0 unspecified atom stereocenters. The van der Waals surface area contributed by atoms with E-state index in [0.29, 0.717) is 18.4 Å². The smallest absolute Gasteiger partial charge is 0.269 e. The highest BCUT2D eigenvalue weighted by molar-refractivity contribution is 9.10. The predicted molar refractivity (Wildman–Crippen MR) is 101 cm³/mol. The molecule has 0 saturated carbocycles. The molecular weight excluding hydrogens is 382 g/mol. The normalized spacial score (nSPS) is 10.6. The molecule has 1 aromatic heterocycles. The lowest BCUT2D eigenvalue weighted by Crippen LogP contribution is -2.41. The van der Waals surface area contributed by atoms with E-state index in [1.807, 2.05) is 24.4 Å². The molecule has 0 spiro atoms. The Labute approximate surface area is 153 Å². The van der Waals surface area contributed by atoms with E-state index < -0.39 is 0 Å². The molecule has 0 radical (unpaired) electrons. The Hall–Kier alpha value is -2.60. The molecule has 2 aromatic carbocycles. The van der Waals surface area contributed by atoms with Gasteiger partial charge in [0.25, 0.3) is 5.91 Å². The quantitative estimate of drug-likeness (QED) is 0.572. The third-order valence-corrected chi connectivity index (χ3v) is 4.48. The maximum absolute atomic E-state index is 11.9. The molecule has 0 saturated heterocycles. The Morgan fingerprint density at radius 2 is 1.76 bits per heavy atom. The Balaban J connectivity index is 1.44. The highest BCUT2D eigenvalue weighted by Gasteiger charge is 2.08. The number of fused-ring (bicyclic) bond motifs is 1. The number of aryl methyl sites for hydroxylation is 1. The van der Waals surface area contributed by atoms with Crippen LogP contribution in [-0.4, -0.2) is 16.8 Å². The third kappa shape index (κ3) is 4.48. The molecule has 0 fully saturated rings. The summed E-state index contributed by atoms with van der Waals surface area (Å²) < 4.78 is 0.894. The Morgan fingerprint density at radius 1 is 1.00 bits per heavy atom. The maximum atomic E-state index is 11.9. The third-order valence-electron chi connectivity index (χ3n) is 3.95. The molecule has 0 aliphatic carbocycles. The van der Waals surface area contributed by atoms with Gasteiger partial charge in [-0.25, -0.2) is 0 Å². The highest BCUT2D eigenvalue weighted by atomic mass is 79.9. The second-order valence-electron chi connectivity index (χ2n) is 5.72. The molecule has 5 nitrogen and oxygen atoms in total. The number of H-pyrrole nitrogens is 1. The van der Waals surface area contributed by atoms with E-state index in [1.165, 1.54) is 10.9 Å². The van der Waals surface area contributed by atoms with Gasteiger partial charge in [-0.1, -0.05) is 34.1 Å². The van der Waals surface area contributed by atoms with Gasteiger partial charge < -0.3 is 4.98 Å². The fourth-order valence-electron chi connectivity index (χ4n) is 2.64. The van der Waals surface area contributed by atoms with Crippen molar-refractivity contribution in [2.45, 2.75) is 19.3 Å². The minimum absolute atomic E-state index is 0.203. The van der Waals surface area contributed by atoms with Crippen LogP contribution in [0.15, 0.2) is 59.2 Å². The van der Waals surface area contributed by atoms with Crippen LogP contribution in [0.2, 0.25) is 0 Å². The lowest BCUT2D eigenvalue weighted by atomic mass is 10.1. The average Bonchev–Trinajstić information content (AvgIpc) is 3.04. The van der Waals surface area contributed by atoms with Crippen LogP contribution in [0.1, 0.15) is 28.8 Å². The van der Waals surface area contributed by atoms with Gasteiger partial charge in [0.15, 0.2) is 0 Å². The van der Waals surface area contributed by atoms with Crippen LogP contribution in [0.4, 0.5) is 0 Å². The van der Waals surface area contributed by atoms with Crippen molar-refractivity contribution in [2.24, 2.45) is 0 Å². The second kappa shape index (κ2) is 7.98. The van der Waals surface area contributed by atoms with Crippen LogP contribution in [0, 0.1) is 0 Å². The summed E-state index contributed by atoms with van der Waals surface area (Å²) >= 11 is 3.31. The monoisotopic (exact) mass is 399 g/mol. The van der Waals surface area contributed by atoms with E-state index in [2.05, 4.69) is 37.8 Å². The van der Waals surface area contributed by atoms with Crippen molar-refractivity contribution in [1.82, 2.24) is 15.8 Å². The van der Waals surface area contributed by atoms with E-state index in [1.54, 1.807) is 24.3 Å². The second-order valence-corrected chi connectivity index (χ2v) is 6.64. The van der Waals surface area contributed by atoms with E-state index in [0.717, 1.165) is 16.4 Å². The van der Waals surface area contributed by atoms with Crippen molar-refractivity contribution in [3.8, 4) is 0 Å². The predicted octanol–water partition coefficient (Wildman–Crippen LogP) is 3.71. The molecule has 0 aliphatic heterocycles. The zero-order chi connectivity index (χ0) is 17.6. The van der Waals surface area contributed by atoms with Crippen molar-refractivity contribution in [3.63, 3.8) is 0 Å². The zero-order valence-electron chi connectivity index (χ0n) is 13.5. The lowest BCUT2D eigenvalue weighted by molar-refractivity contribution is -0.121. The standard InChI is InChI=1S/C19H18BrN3O2/c20-15-10-8-13(9-11-15)19(25)23-22-18(24)7-3-4-14-12-21-17-6-2-1-5-16(14)17/h1-2,5-6,8-12,21H,3-4,7H2,(H,22,24)(H,23,25). The first-order chi connectivity index (χ1) is 12.1. The van der Waals surface area contributed by atoms with Crippen LogP contribution in [0.3, 0.4) is 0 Å². The van der Waals surface area contributed by atoms with Gasteiger partial charge in [-0.3, -0.25) is 20.4 Å². The number of halogens is 1. The minimum Gasteiger partial charge on any atom is -0.361 e. The topological polar surface area (TPSA) is 74.0 Å². The lowest BCUT2D eigenvalue weighted by Gasteiger charge is -2.07. The Kier molecular flexibility index (Phi) is 5.50. The number of hydrogen-bond donors (Lipinski definition) is 3. The molecule has 2 amide bonds. The van der Waals surface area contributed by atoms with Gasteiger partial charge >= 0.3 is 0 Å². The maximum Gasteiger partial charge on any atom is 0.269 e. The molecule has 3 rings (SSSR count). The first-order valence-corrected chi connectivity index (χ1v) is 8.82. The van der Waals surface area contributed by atoms with E-state index >= 15 is 0 Å². The number of rotatable bonds is 5. The first kappa shape index (κ1) is 17.2. The van der Waals surface area contributed by atoms with Crippen LogP contribution in [-0.2, 0) is 11.2 Å². The molecule has 1 heterocycles. The van der Waals surface area contributed by atoms with Crippen molar-refractivity contribution in [2.75, 3.05) is 0 Å². The molecule has 0 aliphatic rings. The number of aromatic amines is 1. The fourth-order valence-corrected chi connectivity index (χ4v) is 2.90. The number of para-hydroxylation sites is 1. The summed E-state index contributed by atoms with van der Waals surface area (Å²) in [5.74, 6) is -0.539. The van der Waals surface area contributed by atoms with Crippen LogP contribution in [0.5, 0.6) is 0 Å². The summed E-state index contributed by atoms with van der Waals surface area (Å²) in [4.78, 5) is 27.0. The van der Waals surface area contributed by atoms with Crippen LogP contribution in [0.25, 0.3) is 10.9 Å². The minimum atomic E-state index is -0.336. The summed E-state index contributed by atoms with van der Waals surface area (Å²) in [6.07, 6.45) is 3.85. The van der Waals surface area contributed by atoms with E-state index in [9.17, 15) is 9.59 Å². The van der Waals surface area contributed by atoms with Gasteiger partial charge in [0.2, 0.25) is 5.91 Å². The van der Waals surface area contributed by atoms with Crippen LogP contribution < -0.4 is 10.9 Å². The average molecular weight is 400 g/mol. The largest absolute Gasteiger partial charge is 0.361 e. The summed E-state index contributed by atoms with van der Waals surface area (Å²) in [5, 5.41) is 1.19. The summed E-state index contributed by atoms with van der Waals surface area (Å²) in [6.45, 7) is 0. The number of benzene rings is 2. The molecule has 0 atom stereocenters. The first-order valence-electron chi connectivity index (χ1n) is 8.03. The number of amides is 2. The Bertz CT molecular complexity index is 887. The summed E-state index contributed by atoms with van der Waals surface area (Å²) in [5.41, 5.74) is 7.67. The number of hydrogen-bond acceptors (Lipinski definition) is 2. The number of carbonyl (C=O) groups excluding carboxylic acids is 2. The number of aromatic nitrogens is 1. The zero-order valence-corrected chi connectivity index (χ0v) is 15.1. The molecule has 3 aromatic rings. The number of carbonyl (C=O) groups is 2. The number of nitrogens with one attached hydrogen (secondary N) is 3. The van der Waals surface area contributed by atoms with Gasteiger partial charge in [-0.15, -0.1) is 0 Å². The molecule has 25 heavy (non-hydrogen) atoms. The molecular formula is C19H18BrN3O2. The molecule has 6 heteroatoms. The van der Waals surface area contributed by atoms with Gasteiger partial charge in [0, 0.05) is 33.6 Å². The van der Waals surface area contributed by atoms with Gasteiger partial charge in [-0.05, 0) is 48.7 Å². The summed E-state index contributed by atoms with van der Waals surface area (Å²) in [6, 6.07) is 15.0. The van der Waals surface area contributed by atoms with Gasteiger partial charge in [0.1, 0.15) is 0 Å². The van der Waals surface area contributed by atoms with E-state index in [-0.39, 0.29) is 11.8 Å². The molecule has 3 N–H and O–H groups in total. The van der Waals surface area contributed by atoms with Crippen molar-refractivity contribution in [3.05, 3.63) is 70.3 Å². The van der Waals surface area contributed by atoms with E-state index in [4.69, 9.17) is 0 Å². The van der Waals surface area contributed by atoms with Crippen molar-refractivity contribution >= 4 is 38.6 Å². The summed E-state index contributed by atoms with van der Waals surface area (Å²) in [7, 11) is 0. The highest BCUT2D eigenvalue weighted by Crippen LogP contribution is 2.19. The Morgan fingerprint density at radius 3 is 2.56 bits per heavy atom. The number of hydrazine groups is 1. The molecule has 0 bridgehead atoms. The van der Waals surface area contributed by atoms with Gasteiger partial charge in [-0.2, -0.15) is 0 Å². The fraction of sp³-hybridized carbons (Fsp3) is 0.158. The van der Waals surface area contributed by atoms with Crippen molar-refractivity contribution < 1.29 is 9.59 Å². The van der Waals surface area contributed by atoms with Crippen LogP contribution >= 0.6 is 15.9 Å². The van der Waals surface area contributed by atoms with Crippen molar-refractivity contribution in [1.29, 1.82) is 0 Å². The SMILES string of the molecule is O=C(CCCc1c[nH]c2ccccc12)NNC(=O)c1ccc(Br)cc1. The van der Waals surface area contributed by atoms with Gasteiger partial charge in [0.05, 0.1) is 0 Å². The molecule has 128 valence electrons.